The molecule has 0 radical (unpaired) electrons. The topological polar surface area (TPSA) is 114 Å². The van der Waals surface area contributed by atoms with Gasteiger partial charge in [-0.3, -0.25) is 15.1 Å². The zero-order valence-electron chi connectivity index (χ0n) is 18.1. The van der Waals surface area contributed by atoms with E-state index < -0.39 is 22.0 Å². The smallest absolute Gasteiger partial charge is 0.244 e. The van der Waals surface area contributed by atoms with Gasteiger partial charge in [-0.15, -0.1) is 10.2 Å². The highest BCUT2D eigenvalue weighted by molar-refractivity contribution is 7.89. The lowest BCUT2D eigenvalue weighted by atomic mass is 9.99. The number of amides is 1. The Kier molecular flexibility index (Phi) is 6.77. The highest BCUT2D eigenvalue weighted by Crippen LogP contribution is 2.27. The number of aromatic nitrogens is 3. The molecule has 33 heavy (non-hydrogen) atoms. The Morgan fingerprint density at radius 2 is 1.79 bits per heavy atom. The van der Waals surface area contributed by atoms with Crippen LogP contribution in [0.5, 0.6) is 0 Å². The fourth-order valence-corrected chi connectivity index (χ4v) is 5.58. The van der Waals surface area contributed by atoms with Crippen LogP contribution in [0.3, 0.4) is 0 Å². The predicted molar refractivity (Wildman–Crippen MR) is 129 cm³/mol. The number of hydrogen-bond donors (Lipinski definition) is 2. The molecule has 2 aromatic carbocycles. The lowest BCUT2D eigenvalue weighted by Gasteiger charge is -2.23. The molecule has 0 aliphatic heterocycles. The predicted octanol–water partition coefficient (Wildman–Crippen LogP) is 4.09. The monoisotopic (exact) mass is 481 g/mol. The fourth-order valence-electron chi connectivity index (χ4n) is 3.34. The summed E-state index contributed by atoms with van der Waals surface area (Å²) in [6.45, 7) is 3.72. The van der Waals surface area contributed by atoms with E-state index in [1.165, 1.54) is 17.4 Å². The van der Waals surface area contributed by atoms with E-state index in [1.807, 2.05) is 44.2 Å². The third-order valence-corrected chi connectivity index (χ3v) is 7.70. The molecular formula is C23H23N5O3S2. The minimum atomic E-state index is -4.02. The molecule has 0 aliphatic carbocycles. The number of sulfonamides is 1. The van der Waals surface area contributed by atoms with Gasteiger partial charge in [-0.05, 0) is 18.1 Å². The maximum atomic E-state index is 13.3. The van der Waals surface area contributed by atoms with Gasteiger partial charge in [0.15, 0.2) is 0 Å². The maximum absolute atomic E-state index is 13.3. The first-order chi connectivity index (χ1) is 15.9. The number of hydrogen-bond acceptors (Lipinski definition) is 7. The van der Waals surface area contributed by atoms with Gasteiger partial charge in [-0.2, -0.15) is 4.72 Å². The van der Waals surface area contributed by atoms with Crippen molar-refractivity contribution in [1.82, 2.24) is 19.9 Å². The van der Waals surface area contributed by atoms with Crippen LogP contribution >= 0.6 is 11.3 Å². The van der Waals surface area contributed by atoms with Gasteiger partial charge in [0.05, 0.1) is 5.52 Å². The van der Waals surface area contributed by atoms with Crippen LogP contribution in [0.15, 0.2) is 71.8 Å². The number of carbonyl (C=O) groups excluding carboxylic acids is 1. The van der Waals surface area contributed by atoms with Crippen molar-refractivity contribution in [2.45, 2.75) is 31.2 Å². The Balaban J connectivity index is 1.58. The van der Waals surface area contributed by atoms with Crippen LogP contribution < -0.4 is 10.0 Å². The molecule has 2 heterocycles. The minimum Gasteiger partial charge on any atom is -0.299 e. The van der Waals surface area contributed by atoms with E-state index in [4.69, 9.17) is 0 Å². The Morgan fingerprint density at radius 3 is 2.55 bits per heavy atom. The molecular weight excluding hydrogens is 458 g/mol. The Hall–Kier alpha value is -3.21. The summed E-state index contributed by atoms with van der Waals surface area (Å²) in [4.78, 5) is 17.4. The van der Waals surface area contributed by atoms with Crippen molar-refractivity contribution in [2.24, 2.45) is 5.92 Å². The third-order valence-electron chi connectivity index (χ3n) is 5.34. The molecule has 2 unspecified atom stereocenters. The summed E-state index contributed by atoms with van der Waals surface area (Å²) in [5, 5.41) is 12.6. The fraction of sp³-hybridized carbons (Fsp3) is 0.217. The first kappa shape index (κ1) is 23.0. The Bertz CT molecular complexity index is 1370. The second-order valence-electron chi connectivity index (χ2n) is 7.58. The molecule has 4 rings (SSSR count). The van der Waals surface area contributed by atoms with Crippen LogP contribution in [0.4, 0.5) is 5.13 Å². The van der Waals surface area contributed by atoms with E-state index >= 15 is 0 Å². The molecule has 8 nitrogen and oxygen atoms in total. The molecule has 1 amide bonds. The second kappa shape index (κ2) is 9.74. The van der Waals surface area contributed by atoms with Gasteiger partial charge < -0.3 is 0 Å². The first-order valence-electron chi connectivity index (χ1n) is 10.4. The van der Waals surface area contributed by atoms with Crippen molar-refractivity contribution in [3.05, 3.63) is 66.9 Å². The molecule has 0 saturated heterocycles. The molecule has 0 bridgehead atoms. The molecule has 0 fully saturated rings. The van der Waals surface area contributed by atoms with Gasteiger partial charge in [0.25, 0.3) is 0 Å². The summed E-state index contributed by atoms with van der Waals surface area (Å²) in [5.41, 5.74) is 1.24. The molecule has 0 saturated carbocycles. The largest absolute Gasteiger partial charge is 0.299 e. The highest BCUT2D eigenvalue weighted by Gasteiger charge is 2.31. The average molecular weight is 482 g/mol. The van der Waals surface area contributed by atoms with Crippen LogP contribution in [0.1, 0.15) is 20.3 Å². The van der Waals surface area contributed by atoms with Crippen molar-refractivity contribution < 1.29 is 13.2 Å². The van der Waals surface area contributed by atoms with Gasteiger partial charge in [0, 0.05) is 17.1 Å². The molecule has 2 N–H and O–H groups in total. The number of fused-ring (bicyclic) bond motifs is 1. The first-order valence-corrected chi connectivity index (χ1v) is 12.7. The molecule has 2 aromatic heterocycles. The number of nitrogens with one attached hydrogen (secondary N) is 2. The van der Waals surface area contributed by atoms with E-state index in [1.54, 1.807) is 30.5 Å². The standard InChI is InChI=1S/C23H23N5O3S2/c1-3-15(2)19(21(29)25-23-27-26-22(32-23)17-9-5-4-6-10-17)28-33(30,31)18-13-7-11-16-12-8-14-24-20(16)18/h4-15,19,28H,3H2,1-2H3,(H,25,27,29). The maximum Gasteiger partial charge on any atom is 0.244 e. The Morgan fingerprint density at radius 1 is 1.03 bits per heavy atom. The second-order valence-corrected chi connectivity index (χ2v) is 10.2. The van der Waals surface area contributed by atoms with E-state index in [9.17, 15) is 13.2 Å². The van der Waals surface area contributed by atoms with E-state index in [2.05, 4.69) is 25.2 Å². The number of anilines is 1. The zero-order valence-corrected chi connectivity index (χ0v) is 19.7. The molecule has 170 valence electrons. The number of rotatable bonds is 8. The summed E-state index contributed by atoms with van der Waals surface area (Å²) in [5.74, 6) is -0.749. The summed E-state index contributed by atoms with van der Waals surface area (Å²) in [7, 11) is -4.02. The van der Waals surface area contributed by atoms with Crippen molar-refractivity contribution >= 4 is 43.3 Å². The summed E-state index contributed by atoms with van der Waals surface area (Å²) in [6, 6.07) is 17.0. The highest BCUT2D eigenvalue weighted by atomic mass is 32.2. The average Bonchev–Trinajstić information content (AvgIpc) is 3.30. The van der Waals surface area contributed by atoms with Gasteiger partial charge in [0.1, 0.15) is 15.9 Å². The van der Waals surface area contributed by atoms with E-state index in [0.29, 0.717) is 27.5 Å². The summed E-state index contributed by atoms with van der Waals surface area (Å²) >= 11 is 1.23. The minimum absolute atomic E-state index is 0.0315. The lowest BCUT2D eigenvalue weighted by molar-refractivity contribution is -0.118. The van der Waals surface area contributed by atoms with Crippen LogP contribution in [-0.4, -0.2) is 35.5 Å². The number of pyridine rings is 1. The van der Waals surface area contributed by atoms with Crippen molar-refractivity contribution in [3.8, 4) is 10.6 Å². The third kappa shape index (κ3) is 5.08. The Labute approximate surface area is 196 Å². The lowest BCUT2D eigenvalue weighted by Crippen LogP contribution is -2.47. The SMILES string of the molecule is CCC(C)C(NS(=O)(=O)c1cccc2cccnc12)C(=O)Nc1nnc(-c2ccccc2)s1. The van der Waals surface area contributed by atoms with Gasteiger partial charge in [0.2, 0.25) is 21.1 Å². The quantitative estimate of drug-likeness (QED) is 0.392. The van der Waals surface area contributed by atoms with Crippen LogP contribution in [0.25, 0.3) is 21.5 Å². The van der Waals surface area contributed by atoms with Gasteiger partial charge in [-0.1, -0.05) is 80.1 Å². The molecule has 4 aromatic rings. The molecule has 2 atom stereocenters. The van der Waals surface area contributed by atoms with Crippen LogP contribution in [0.2, 0.25) is 0 Å². The van der Waals surface area contributed by atoms with Gasteiger partial charge in [-0.25, -0.2) is 8.42 Å². The molecule has 0 aliphatic rings. The number of benzene rings is 2. The van der Waals surface area contributed by atoms with Crippen molar-refractivity contribution in [2.75, 3.05) is 5.32 Å². The van der Waals surface area contributed by atoms with Crippen LogP contribution in [0, 0.1) is 5.92 Å². The van der Waals surface area contributed by atoms with Gasteiger partial charge >= 0.3 is 0 Å². The summed E-state index contributed by atoms with van der Waals surface area (Å²) < 4.78 is 29.1. The van der Waals surface area contributed by atoms with Crippen molar-refractivity contribution in [3.63, 3.8) is 0 Å². The molecule has 10 heteroatoms. The number of nitrogens with zero attached hydrogens (tertiary/aromatic N) is 3. The summed E-state index contributed by atoms with van der Waals surface area (Å²) in [6.07, 6.45) is 2.14. The number of carbonyl (C=O) groups is 1. The van der Waals surface area contributed by atoms with Crippen LogP contribution in [-0.2, 0) is 14.8 Å². The molecule has 0 spiro atoms. The van der Waals surface area contributed by atoms with Crippen molar-refractivity contribution in [1.29, 1.82) is 0 Å². The zero-order chi connectivity index (χ0) is 23.4. The van der Waals surface area contributed by atoms with E-state index in [-0.39, 0.29) is 10.8 Å². The normalized spacial score (nSPS) is 13.5. The number of para-hydroxylation sites is 1. The van der Waals surface area contributed by atoms with E-state index in [0.717, 1.165) is 5.56 Å².